The van der Waals surface area contributed by atoms with Crippen LogP contribution in [0, 0.1) is 101 Å². The largest absolute Gasteiger partial charge is 0.416 e. The van der Waals surface area contributed by atoms with Crippen molar-refractivity contribution in [1.29, 1.82) is 5.26 Å². The number of alkyl halides is 3. The van der Waals surface area contributed by atoms with Crippen LogP contribution >= 0.6 is 0 Å². The van der Waals surface area contributed by atoms with E-state index < -0.39 is 11.7 Å². The first-order valence-electron chi connectivity index (χ1n) is 27.8. The van der Waals surface area contributed by atoms with Crippen molar-refractivity contribution in [2.24, 2.45) is 0 Å². The summed E-state index contributed by atoms with van der Waals surface area (Å²) in [7, 11) is 0. The van der Waals surface area contributed by atoms with Gasteiger partial charge in [-0.3, -0.25) is 0 Å². The second kappa shape index (κ2) is 19.4. The Bertz CT molecular complexity index is 4140. The fraction of sp³-hybridized carbons (Fsp3) is 0.187. The Hall–Kier alpha value is -8.92. The van der Waals surface area contributed by atoms with Crippen molar-refractivity contribution in [1.82, 2.24) is 9.13 Å². The summed E-state index contributed by atoms with van der Waals surface area (Å²) >= 11 is 0. The van der Waals surface area contributed by atoms with E-state index in [4.69, 9.17) is 0 Å². The van der Waals surface area contributed by atoms with Crippen LogP contribution in [0.1, 0.15) is 83.5 Å². The number of aromatic nitrogens is 2. The van der Waals surface area contributed by atoms with Crippen LogP contribution in [0.25, 0.3) is 111 Å². The molecule has 0 aliphatic rings. The van der Waals surface area contributed by atoms with E-state index in [0.29, 0.717) is 33.6 Å². The van der Waals surface area contributed by atoms with Crippen LogP contribution in [0.3, 0.4) is 0 Å². The molecule has 0 bridgehead atoms. The molecule has 0 N–H and O–H groups in total. The summed E-state index contributed by atoms with van der Waals surface area (Å²) in [4.78, 5) is 0. The summed E-state index contributed by atoms with van der Waals surface area (Å²) in [6.07, 6.45) is -4.56. The minimum Gasteiger partial charge on any atom is -0.308 e. The monoisotopic (exact) mass is 1060 g/mol. The maximum absolute atomic E-state index is 14.8. The summed E-state index contributed by atoms with van der Waals surface area (Å²) in [5.74, 6) is 0. The molecule has 0 unspecified atom stereocenters. The third-order valence-electron chi connectivity index (χ3n) is 16.9. The van der Waals surface area contributed by atoms with Crippen molar-refractivity contribution in [3.63, 3.8) is 0 Å². The van der Waals surface area contributed by atoms with Gasteiger partial charge in [0, 0.05) is 27.1 Å². The van der Waals surface area contributed by atoms with Crippen molar-refractivity contribution < 1.29 is 13.2 Å². The first kappa shape index (κ1) is 52.8. The van der Waals surface area contributed by atoms with Crippen molar-refractivity contribution in [3.8, 4) is 73.1 Å². The Kier molecular flexibility index (Phi) is 12.6. The smallest absolute Gasteiger partial charge is 0.308 e. The third-order valence-corrected chi connectivity index (χ3v) is 16.9. The molecule has 0 radical (unpaired) electrons. The molecule has 0 aliphatic carbocycles. The number of aryl methyl sites for hydroxylation is 13. The predicted molar refractivity (Wildman–Crippen MR) is 334 cm³/mol. The van der Waals surface area contributed by atoms with Crippen LogP contribution in [0.15, 0.2) is 152 Å². The van der Waals surface area contributed by atoms with Crippen LogP contribution in [0.4, 0.5) is 13.2 Å². The topological polar surface area (TPSA) is 33.6 Å². The van der Waals surface area contributed by atoms with E-state index in [-0.39, 0.29) is 0 Å². The zero-order valence-electron chi connectivity index (χ0n) is 48.4. The van der Waals surface area contributed by atoms with Gasteiger partial charge in [0.2, 0.25) is 0 Å². The first-order valence-corrected chi connectivity index (χ1v) is 27.8. The van der Waals surface area contributed by atoms with Gasteiger partial charge in [-0.25, -0.2) is 0 Å². The molecule has 6 heteroatoms. The van der Waals surface area contributed by atoms with E-state index >= 15 is 0 Å². The lowest BCUT2D eigenvalue weighted by atomic mass is 9.91. The second-order valence-electron chi connectivity index (χ2n) is 23.2. The maximum Gasteiger partial charge on any atom is 0.416 e. The summed E-state index contributed by atoms with van der Waals surface area (Å²) in [5, 5.41) is 15.4. The molecule has 10 aromatic carbocycles. The van der Waals surface area contributed by atoms with Gasteiger partial charge in [0.05, 0.1) is 50.6 Å². The standard InChI is InChI=1S/C75H64F3N3/c1-40-24-45(6)70(46(7)25-40)54-14-20-64-60(35-54)61-36-55(71-47(8)26-41(2)27-48(71)9)15-21-65(61)80(64)68-33-53(39-79)34-69(74(68)59-19-18-58(32-44(59)5)75(76,77)78)81-66-22-16-56(72-49(10)28-42(3)29-50(72)11)37-62(66)63-38-57(17-23-67(63)81)73-51(12)30-43(4)31-52(73)13/h14-38H,1-13H3. The Morgan fingerprint density at radius 2 is 0.605 bits per heavy atom. The van der Waals surface area contributed by atoms with E-state index in [1.807, 2.05) is 12.1 Å². The Morgan fingerprint density at radius 1 is 0.321 bits per heavy atom. The van der Waals surface area contributed by atoms with E-state index in [1.165, 1.54) is 101 Å². The zero-order chi connectivity index (χ0) is 57.2. The molecule has 0 saturated heterocycles. The fourth-order valence-electron chi connectivity index (χ4n) is 14.2. The molecule has 2 aromatic heterocycles. The lowest BCUT2D eigenvalue weighted by molar-refractivity contribution is -0.137. The molecule has 0 fully saturated rings. The SMILES string of the molecule is Cc1cc(C)c(-c2ccc3c(c2)c2cc(-c4c(C)cc(C)cc4C)ccc2n3-c2cc(C#N)cc(-n3c4ccc(-c5c(C)cc(C)cc5C)cc4c4cc(-c5c(C)cc(C)cc5C)ccc43)c2-c2ccc(C(F)(F)F)cc2C)c(C)c1. The molecule has 12 rings (SSSR count). The zero-order valence-corrected chi connectivity index (χ0v) is 48.4. The summed E-state index contributed by atoms with van der Waals surface area (Å²) in [6.45, 7) is 27.6. The number of nitrogens with zero attached hydrogens (tertiary/aromatic N) is 3. The molecule has 400 valence electrons. The van der Waals surface area contributed by atoms with E-state index in [2.05, 4.69) is 220 Å². The van der Waals surface area contributed by atoms with Crippen molar-refractivity contribution >= 4 is 43.6 Å². The van der Waals surface area contributed by atoms with Crippen LogP contribution in [-0.2, 0) is 6.18 Å². The Morgan fingerprint density at radius 3 is 0.852 bits per heavy atom. The molecule has 12 aromatic rings. The number of nitriles is 1. The van der Waals surface area contributed by atoms with Crippen LogP contribution in [-0.4, -0.2) is 9.13 Å². The summed E-state index contributed by atoms with van der Waals surface area (Å²) < 4.78 is 48.8. The van der Waals surface area contributed by atoms with Gasteiger partial charge in [0.25, 0.3) is 0 Å². The van der Waals surface area contributed by atoms with Gasteiger partial charge in [-0.1, -0.05) is 101 Å². The van der Waals surface area contributed by atoms with Gasteiger partial charge in [0.15, 0.2) is 0 Å². The molecule has 0 spiro atoms. The van der Waals surface area contributed by atoms with Crippen molar-refractivity contribution in [2.75, 3.05) is 0 Å². The summed E-state index contributed by atoms with van der Waals surface area (Å²) in [5.41, 5.74) is 29.8. The number of benzene rings is 10. The van der Waals surface area contributed by atoms with Crippen LogP contribution < -0.4 is 0 Å². The molecule has 81 heavy (non-hydrogen) atoms. The quantitative estimate of drug-likeness (QED) is 0.157. The molecule has 0 saturated carbocycles. The average Bonchev–Trinajstić information content (AvgIpc) is 3.46. The van der Waals surface area contributed by atoms with Crippen molar-refractivity contribution in [2.45, 2.75) is 96.2 Å². The number of rotatable bonds is 7. The molecule has 0 atom stereocenters. The molecule has 0 aliphatic heterocycles. The normalized spacial score (nSPS) is 11.9. The molecular weight excluding hydrogens is 1000 g/mol. The highest BCUT2D eigenvalue weighted by Gasteiger charge is 2.32. The van der Waals surface area contributed by atoms with Crippen molar-refractivity contribution in [3.05, 3.63) is 235 Å². The van der Waals surface area contributed by atoms with Gasteiger partial charge in [-0.15, -0.1) is 0 Å². The molecule has 3 nitrogen and oxygen atoms in total. The van der Waals surface area contributed by atoms with E-state index in [0.717, 1.165) is 65.9 Å². The number of halogens is 3. The minimum absolute atomic E-state index is 0.411. The van der Waals surface area contributed by atoms with Crippen LogP contribution in [0.5, 0.6) is 0 Å². The predicted octanol–water partition coefficient (Wildman–Crippen LogP) is 21.1. The highest BCUT2D eigenvalue weighted by atomic mass is 19.4. The highest BCUT2D eigenvalue weighted by molar-refractivity contribution is 6.15. The second-order valence-corrected chi connectivity index (χ2v) is 23.2. The van der Waals surface area contributed by atoms with E-state index in [9.17, 15) is 18.4 Å². The Labute approximate surface area is 473 Å². The van der Waals surface area contributed by atoms with Gasteiger partial charge >= 0.3 is 6.18 Å². The fourth-order valence-corrected chi connectivity index (χ4v) is 14.2. The highest BCUT2D eigenvalue weighted by Crippen LogP contribution is 2.48. The lowest BCUT2D eigenvalue weighted by Crippen LogP contribution is -2.08. The average molecular weight is 1060 g/mol. The lowest BCUT2D eigenvalue weighted by Gasteiger charge is -2.23. The molecular formula is C75H64F3N3. The maximum atomic E-state index is 14.8. The van der Waals surface area contributed by atoms with E-state index in [1.54, 1.807) is 13.0 Å². The van der Waals surface area contributed by atoms with Gasteiger partial charge in [-0.2, -0.15) is 18.4 Å². The van der Waals surface area contributed by atoms with Crippen LogP contribution in [0.2, 0.25) is 0 Å². The number of hydrogen-bond acceptors (Lipinski definition) is 1. The minimum atomic E-state index is -4.56. The number of hydrogen-bond donors (Lipinski definition) is 0. The van der Waals surface area contributed by atoms with Gasteiger partial charge in [0.1, 0.15) is 0 Å². The first-order chi connectivity index (χ1) is 38.6. The Balaban J connectivity index is 1.23. The third kappa shape index (κ3) is 8.82. The summed E-state index contributed by atoms with van der Waals surface area (Å²) in [6, 6.07) is 55.0. The molecule has 0 amide bonds. The number of fused-ring (bicyclic) bond motifs is 6. The van der Waals surface area contributed by atoms with Gasteiger partial charge < -0.3 is 9.13 Å². The van der Waals surface area contributed by atoms with Gasteiger partial charge in [-0.05, 0) is 263 Å². The molecule has 2 heterocycles.